The summed E-state index contributed by atoms with van der Waals surface area (Å²) in [6.07, 6.45) is 1.47. The van der Waals surface area contributed by atoms with Gasteiger partial charge in [-0.2, -0.15) is 5.10 Å². The Bertz CT molecular complexity index is 762. The number of hydrogen-bond donors (Lipinski definition) is 1. The lowest BCUT2D eigenvalue weighted by Crippen LogP contribution is -2.18. The fraction of sp³-hybridized carbons (Fsp3) is 0.176. The third-order valence-corrected chi connectivity index (χ3v) is 3.44. The first-order valence-corrected chi connectivity index (χ1v) is 7.36. The van der Waals surface area contributed by atoms with Crippen LogP contribution in [-0.2, 0) is 0 Å². The maximum absolute atomic E-state index is 12.2. The highest BCUT2D eigenvalue weighted by Gasteiger charge is 2.12. The second-order valence-electron chi connectivity index (χ2n) is 4.63. The second-order valence-corrected chi connectivity index (χ2v) is 5.06. The highest BCUT2D eigenvalue weighted by Crippen LogP contribution is 2.29. The number of hydrazone groups is 1. The van der Waals surface area contributed by atoms with Crippen LogP contribution in [0.5, 0.6) is 17.2 Å². The molecule has 2 aromatic rings. The monoisotopic (exact) mass is 348 g/mol. The molecule has 0 atom stereocenters. The van der Waals surface area contributed by atoms with Crippen LogP contribution >= 0.6 is 11.6 Å². The number of ether oxygens (including phenoxy) is 3. The van der Waals surface area contributed by atoms with Crippen molar-refractivity contribution in [3.05, 3.63) is 52.5 Å². The molecule has 0 radical (unpaired) electrons. The lowest BCUT2D eigenvalue weighted by molar-refractivity contribution is 0.0952. The van der Waals surface area contributed by atoms with Crippen LogP contribution in [0, 0.1) is 0 Å². The number of carbonyl (C=O) groups is 1. The summed E-state index contributed by atoms with van der Waals surface area (Å²) in [6.45, 7) is 0. The van der Waals surface area contributed by atoms with Crippen LogP contribution in [0.2, 0.25) is 5.02 Å². The van der Waals surface area contributed by atoms with Crippen molar-refractivity contribution in [2.24, 2.45) is 5.10 Å². The van der Waals surface area contributed by atoms with Gasteiger partial charge in [-0.05, 0) is 30.3 Å². The Kier molecular flexibility index (Phi) is 6.03. The van der Waals surface area contributed by atoms with Gasteiger partial charge >= 0.3 is 0 Å². The first-order valence-electron chi connectivity index (χ1n) is 6.98. The van der Waals surface area contributed by atoms with Crippen LogP contribution in [0.3, 0.4) is 0 Å². The Morgan fingerprint density at radius 1 is 1.08 bits per heavy atom. The molecule has 0 saturated heterocycles. The number of halogens is 1. The van der Waals surface area contributed by atoms with Gasteiger partial charge in [-0.25, -0.2) is 5.43 Å². The number of rotatable bonds is 6. The summed E-state index contributed by atoms with van der Waals surface area (Å²) in [5.74, 6) is 1.07. The molecule has 24 heavy (non-hydrogen) atoms. The molecular weight excluding hydrogens is 332 g/mol. The number of para-hydroxylation sites is 1. The number of carbonyl (C=O) groups excluding carboxylic acids is 1. The number of hydrogen-bond acceptors (Lipinski definition) is 5. The Labute approximate surface area is 145 Å². The molecule has 0 fully saturated rings. The molecule has 0 aliphatic rings. The Hall–Kier alpha value is -2.73. The Balaban J connectivity index is 2.18. The first kappa shape index (κ1) is 17.6. The molecule has 2 aromatic carbocycles. The van der Waals surface area contributed by atoms with Crippen LogP contribution in [0.4, 0.5) is 0 Å². The van der Waals surface area contributed by atoms with Gasteiger partial charge in [0.2, 0.25) is 0 Å². The van der Waals surface area contributed by atoms with Crippen LogP contribution < -0.4 is 19.6 Å². The fourth-order valence-corrected chi connectivity index (χ4v) is 2.26. The molecule has 6 nitrogen and oxygen atoms in total. The smallest absolute Gasteiger partial charge is 0.275 e. The van der Waals surface area contributed by atoms with E-state index < -0.39 is 5.91 Å². The first-order chi connectivity index (χ1) is 11.6. The van der Waals surface area contributed by atoms with Crippen LogP contribution in [0.1, 0.15) is 15.9 Å². The minimum Gasteiger partial charge on any atom is -0.496 e. The van der Waals surface area contributed by atoms with E-state index in [1.54, 1.807) is 37.4 Å². The summed E-state index contributed by atoms with van der Waals surface area (Å²) in [5, 5.41) is 4.38. The number of nitrogens with zero attached hydrogens (tertiary/aromatic N) is 1. The zero-order valence-electron chi connectivity index (χ0n) is 13.5. The average molecular weight is 349 g/mol. The van der Waals surface area contributed by atoms with Crippen molar-refractivity contribution in [3.63, 3.8) is 0 Å². The second kappa shape index (κ2) is 8.21. The molecule has 0 bridgehead atoms. The molecule has 0 unspecified atom stereocenters. The van der Waals surface area contributed by atoms with Gasteiger partial charge in [0.15, 0.2) is 11.5 Å². The largest absolute Gasteiger partial charge is 0.496 e. The molecule has 1 amide bonds. The Morgan fingerprint density at radius 2 is 1.83 bits per heavy atom. The number of benzene rings is 2. The van der Waals surface area contributed by atoms with Crippen molar-refractivity contribution in [1.29, 1.82) is 0 Å². The molecule has 0 spiro atoms. The van der Waals surface area contributed by atoms with Gasteiger partial charge in [-0.15, -0.1) is 0 Å². The fourth-order valence-electron chi connectivity index (χ4n) is 2.09. The minimum absolute atomic E-state index is 0.291. The van der Waals surface area contributed by atoms with Crippen molar-refractivity contribution in [3.8, 4) is 17.2 Å². The van der Waals surface area contributed by atoms with Gasteiger partial charge in [-0.3, -0.25) is 4.79 Å². The van der Waals surface area contributed by atoms with Gasteiger partial charge in [-0.1, -0.05) is 17.7 Å². The van der Waals surface area contributed by atoms with E-state index in [4.69, 9.17) is 25.8 Å². The third-order valence-electron chi connectivity index (χ3n) is 3.21. The molecule has 7 heteroatoms. The van der Waals surface area contributed by atoms with Crippen LogP contribution in [0.15, 0.2) is 41.5 Å². The summed E-state index contributed by atoms with van der Waals surface area (Å²) in [6, 6.07) is 10.1. The van der Waals surface area contributed by atoms with Crippen LogP contribution in [0.25, 0.3) is 0 Å². The van der Waals surface area contributed by atoms with Crippen molar-refractivity contribution in [2.45, 2.75) is 0 Å². The predicted octanol–water partition coefficient (Wildman–Crippen LogP) is 3.13. The molecule has 0 heterocycles. The summed E-state index contributed by atoms with van der Waals surface area (Å²) in [5.41, 5.74) is 3.39. The molecule has 126 valence electrons. The van der Waals surface area contributed by atoms with E-state index in [0.717, 1.165) is 0 Å². The molecule has 1 N–H and O–H groups in total. The van der Waals surface area contributed by atoms with E-state index in [2.05, 4.69) is 10.5 Å². The number of methoxy groups -OCH3 is 3. The van der Waals surface area contributed by atoms with E-state index in [1.165, 1.54) is 26.5 Å². The van der Waals surface area contributed by atoms with Gasteiger partial charge in [0.1, 0.15) is 5.75 Å². The molecule has 0 aromatic heterocycles. The number of amides is 1. The minimum atomic E-state index is -0.438. The normalized spacial score (nSPS) is 10.5. The lowest BCUT2D eigenvalue weighted by Gasteiger charge is -2.10. The van der Waals surface area contributed by atoms with Crippen molar-refractivity contribution >= 4 is 23.7 Å². The van der Waals surface area contributed by atoms with E-state index in [1.807, 2.05) is 0 Å². The topological polar surface area (TPSA) is 69.2 Å². The summed E-state index contributed by atoms with van der Waals surface area (Å²) in [4.78, 5) is 12.2. The Morgan fingerprint density at radius 3 is 2.50 bits per heavy atom. The quantitative estimate of drug-likeness (QED) is 0.643. The number of nitrogens with one attached hydrogen (secondary N) is 1. The molecular formula is C17H17ClN2O4. The average Bonchev–Trinajstić information content (AvgIpc) is 2.61. The van der Waals surface area contributed by atoms with Gasteiger partial charge in [0.05, 0.1) is 33.1 Å². The molecule has 0 aliphatic carbocycles. The highest BCUT2D eigenvalue weighted by molar-refractivity contribution is 6.31. The summed E-state index contributed by atoms with van der Waals surface area (Å²) < 4.78 is 15.7. The maximum Gasteiger partial charge on any atom is 0.275 e. The lowest BCUT2D eigenvalue weighted by atomic mass is 10.2. The predicted molar refractivity (Wildman–Crippen MR) is 92.6 cm³/mol. The molecule has 0 aliphatic heterocycles. The van der Waals surface area contributed by atoms with Crippen molar-refractivity contribution in [1.82, 2.24) is 5.43 Å². The highest BCUT2D eigenvalue weighted by atomic mass is 35.5. The molecule has 2 rings (SSSR count). The SMILES string of the molecule is COc1ccc(Cl)cc1C(=O)NN=Cc1cccc(OC)c1OC. The van der Waals surface area contributed by atoms with Crippen LogP contribution in [-0.4, -0.2) is 33.5 Å². The van der Waals surface area contributed by atoms with Crippen molar-refractivity contribution in [2.75, 3.05) is 21.3 Å². The zero-order chi connectivity index (χ0) is 17.5. The van der Waals surface area contributed by atoms with E-state index in [-0.39, 0.29) is 0 Å². The third kappa shape index (κ3) is 3.97. The molecule has 0 saturated carbocycles. The maximum atomic E-state index is 12.2. The van der Waals surface area contributed by atoms with Gasteiger partial charge in [0.25, 0.3) is 5.91 Å². The van der Waals surface area contributed by atoms with E-state index in [9.17, 15) is 4.79 Å². The standard InChI is InChI=1S/C17H17ClN2O4/c1-22-14-8-7-12(18)9-13(14)17(21)20-19-10-11-5-4-6-15(23-2)16(11)24-3/h4-10H,1-3H3,(H,20,21). The summed E-state index contributed by atoms with van der Waals surface area (Å²) >= 11 is 5.92. The van der Waals surface area contributed by atoms with E-state index >= 15 is 0 Å². The van der Waals surface area contributed by atoms with Crippen molar-refractivity contribution < 1.29 is 19.0 Å². The summed E-state index contributed by atoms with van der Waals surface area (Å²) in [7, 11) is 4.56. The zero-order valence-corrected chi connectivity index (χ0v) is 14.3. The van der Waals surface area contributed by atoms with Gasteiger partial charge < -0.3 is 14.2 Å². The van der Waals surface area contributed by atoms with Gasteiger partial charge in [0, 0.05) is 10.6 Å². The van der Waals surface area contributed by atoms with E-state index in [0.29, 0.717) is 33.4 Å².